The summed E-state index contributed by atoms with van der Waals surface area (Å²) in [5.41, 5.74) is 1.97. The van der Waals surface area contributed by atoms with Gasteiger partial charge in [-0.1, -0.05) is 42.1 Å². The summed E-state index contributed by atoms with van der Waals surface area (Å²) < 4.78 is 11.5. The van der Waals surface area contributed by atoms with E-state index in [0.717, 1.165) is 16.9 Å². The zero-order valence-electron chi connectivity index (χ0n) is 16.5. The van der Waals surface area contributed by atoms with Gasteiger partial charge in [0.1, 0.15) is 30.1 Å². The van der Waals surface area contributed by atoms with Crippen molar-refractivity contribution < 1.29 is 19.1 Å². The lowest BCUT2D eigenvalue weighted by atomic mass is 10.2. The van der Waals surface area contributed by atoms with Crippen LogP contribution in [0.15, 0.2) is 53.6 Å². The second-order valence-corrected chi connectivity index (χ2v) is 7.52. The molecule has 0 saturated carbocycles. The minimum atomic E-state index is -0.326. The van der Waals surface area contributed by atoms with Crippen molar-refractivity contribution in [3.05, 3.63) is 59.7 Å². The Hall–Kier alpha value is -3.00. The Morgan fingerprint density at radius 1 is 1.07 bits per heavy atom. The molecule has 0 radical (unpaired) electrons. The first-order valence-electron chi connectivity index (χ1n) is 9.18. The Bertz CT molecular complexity index is 914. The van der Waals surface area contributed by atoms with Crippen molar-refractivity contribution in [2.24, 2.45) is 5.10 Å². The molecule has 8 heteroatoms. The van der Waals surface area contributed by atoms with Gasteiger partial charge in [-0.25, -0.2) is 5.01 Å². The number of hydrogen-bond acceptors (Lipinski definition) is 6. The number of carbonyl (C=O) groups excluding carboxylic acids is 2. The minimum Gasteiger partial charge on any atom is -0.490 e. The molecule has 0 bridgehead atoms. The highest BCUT2D eigenvalue weighted by Crippen LogP contribution is 2.39. The summed E-state index contributed by atoms with van der Waals surface area (Å²) >= 11 is 1.32. The van der Waals surface area contributed by atoms with Gasteiger partial charge in [0.25, 0.3) is 0 Å². The van der Waals surface area contributed by atoms with Crippen LogP contribution in [0.25, 0.3) is 0 Å². The molecule has 152 valence electrons. The van der Waals surface area contributed by atoms with Crippen LogP contribution >= 0.6 is 11.8 Å². The summed E-state index contributed by atoms with van der Waals surface area (Å²) in [7, 11) is 0. The van der Waals surface area contributed by atoms with E-state index < -0.39 is 0 Å². The Morgan fingerprint density at radius 3 is 2.41 bits per heavy atom. The smallest absolute Gasteiger partial charge is 0.241 e. The number of hydrazone groups is 1. The van der Waals surface area contributed by atoms with E-state index in [0.29, 0.717) is 24.1 Å². The molecule has 2 amide bonds. The fourth-order valence-electron chi connectivity index (χ4n) is 2.74. The molecular weight excluding hydrogens is 390 g/mol. The molecule has 0 spiro atoms. The predicted octanol–water partition coefficient (Wildman–Crippen LogP) is 3.45. The molecule has 1 aliphatic rings. The number of para-hydroxylation sites is 1. The summed E-state index contributed by atoms with van der Waals surface area (Å²) in [6.07, 6.45) is 0. The van der Waals surface area contributed by atoms with Gasteiger partial charge in [-0.3, -0.25) is 9.59 Å². The maximum Gasteiger partial charge on any atom is 0.241 e. The quantitative estimate of drug-likeness (QED) is 0.734. The molecule has 29 heavy (non-hydrogen) atoms. The van der Waals surface area contributed by atoms with Crippen LogP contribution in [0.1, 0.15) is 30.3 Å². The molecule has 1 N–H and O–H groups in total. The Morgan fingerprint density at radius 2 is 1.76 bits per heavy atom. The number of carbonyl (C=O) groups is 2. The standard InChI is InChI=1S/C21H23N3O4S/c1-14-6-4-5-7-19(14)28-13-12-27-18-10-8-17(9-11-18)20-24(16(3)26)23-21(29-20)22-15(2)25/h4-11,20H,12-13H2,1-3H3,(H,22,23,25)/t20-/m0/s1. The number of aryl methyl sites for hydroxylation is 1. The van der Waals surface area contributed by atoms with Gasteiger partial charge in [-0.2, -0.15) is 0 Å². The van der Waals surface area contributed by atoms with E-state index in [4.69, 9.17) is 9.47 Å². The molecule has 1 atom stereocenters. The first kappa shape index (κ1) is 20.7. The molecule has 3 rings (SSSR count). The van der Waals surface area contributed by atoms with E-state index in [1.807, 2.05) is 55.5 Å². The van der Waals surface area contributed by atoms with Crippen molar-refractivity contribution in [3.63, 3.8) is 0 Å². The van der Waals surface area contributed by atoms with Crippen molar-refractivity contribution in [1.29, 1.82) is 0 Å². The number of benzene rings is 2. The van der Waals surface area contributed by atoms with E-state index in [1.54, 1.807) is 0 Å². The lowest BCUT2D eigenvalue weighted by Crippen LogP contribution is -2.25. The third kappa shape index (κ3) is 5.51. The van der Waals surface area contributed by atoms with Crippen LogP contribution in [-0.2, 0) is 9.59 Å². The average Bonchev–Trinajstić information content (AvgIpc) is 3.10. The van der Waals surface area contributed by atoms with Gasteiger partial charge >= 0.3 is 0 Å². The molecule has 2 aromatic carbocycles. The number of amides is 2. The van der Waals surface area contributed by atoms with E-state index in [2.05, 4.69) is 10.4 Å². The molecule has 0 aromatic heterocycles. The number of nitrogens with one attached hydrogen (secondary N) is 1. The number of thioether (sulfide) groups is 1. The normalized spacial score (nSPS) is 15.6. The molecule has 1 heterocycles. The fourth-order valence-corrected chi connectivity index (χ4v) is 3.88. The topological polar surface area (TPSA) is 80.2 Å². The molecule has 0 fully saturated rings. The summed E-state index contributed by atoms with van der Waals surface area (Å²) in [4.78, 5) is 23.2. The molecule has 1 aliphatic heterocycles. The largest absolute Gasteiger partial charge is 0.490 e. The summed E-state index contributed by atoms with van der Waals surface area (Å²) in [6.45, 7) is 5.71. The highest BCUT2D eigenvalue weighted by molar-refractivity contribution is 8.14. The summed E-state index contributed by atoms with van der Waals surface area (Å²) in [5.74, 6) is 1.14. The second-order valence-electron chi connectivity index (χ2n) is 6.45. The van der Waals surface area contributed by atoms with Gasteiger partial charge in [0.05, 0.1) is 0 Å². The Kier molecular flexibility index (Phi) is 6.77. The van der Waals surface area contributed by atoms with Crippen molar-refractivity contribution in [2.75, 3.05) is 13.2 Å². The number of hydrogen-bond donors (Lipinski definition) is 1. The number of ether oxygens (including phenoxy) is 2. The lowest BCUT2D eigenvalue weighted by molar-refractivity contribution is -0.129. The van der Waals surface area contributed by atoms with Gasteiger partial charge in [-0.05, 0) is 36.2 Å². The van der Waals surface area contributed by atoms with Crippen LogP contribution < -0.4 is 14.8 Å². The van der Waals surface area contributed by atoms with Gasteiger partial charge in [0.15, 0.2) is 5.17 Å². The third-order valence-corrected chi connectivity index (χ3v) is 5.22. The highest BCUT2D eigenvalue weighted by Gasteiger charge is 2.32. The zero-order chi connectivity index (χ0) is 20.8. The predicted molar refractivity (Wildman–Crippen MR) is 113 cm³/mol. The van der Waals surface area contributed by atoms with Crippen LogP contribution in [0.4, 0.5) is 0 Å². The van der Waals surface area contributed by atoms with Crippen molar-refractivity contribution in [2.45, 2.75) is 26.1 Å². The maximum absolute atomic E-state index is 11.9. The van der Waals surface area contributed by atoms with Gasteiger partial charge in [0.2, 0.25) is 11.8 Å². The zero-order valence-corrected chi connectivity index (χ0v) is 17.4. The Balaban J connectivity index is 1.55. The maximum atomic E-state index is 11.9. The van der Waals surface area contributed by atoms with Crippen molar-refractivity contribution >= 4 is 28.7 Å². The van der Waals surface area contributed by atoms with Crippen molar-refractivity contribution in [3.8, 4) is 11.5 Å². The Labute approximate surface area is 174 Å². The number of rotatable bonds is 6. The van der Waals surface area contributed by atoms with E-state index in [-0.39, 0.29) is 17.2 Å². The summed E-state index contributed by atoms with van der Waals surface area (Å²) in [5, 5.41) is 8.26. The highest BCUT2D eigenvalue weighted by atomic mass is 32.2. The van der Waals surface area contributed by atoms with E-state index in [1.165, 1.54) is 30.6 Å². The van der Waals surface area contributed by atoms with Gasteiger partial charge < -0.3 is 14.8 Å². The van der Waals surface area contributed by atoms with Crippen LogP contribution in [-0.4, -0.2) is 35.2 Å². The molecular formula is C21H23N3O4S. The minimum absolute atomic E-state index is 0.198. The van der Waals surface area contributed by atoms with Crippen LogP contribution in [0, 0.1) is 6.92 Å². The van der Waals surface area contributed by atoms with E-state index in [9.17, 15) is 9.59 Å². The lowest BCUT2D eigenvalue weighted by Gasteiger charge is -2.19. The molecule has 0 unspecified atom stereocenters. The molecule has 7 nitrogen and oxygen atoms in total. The van der Waals surface area contributed by atoms with Crippen LogP contribution in [0.5, 0.6) is 11.5 Å². The summed E-state index contributed by atoms with van der Waals surface area (Å²) in [6, 6.07) is 15.3. The van der Waals surface area contributed by atoms with Gasteiger partial charge in [0, 0.05) is 13.8 Å². The third-order valence-electron chi connectivity index (χ3n) is 4.12. The monoisotopic (exact) mass is 413 g/mol. The molecule has 0 aliphatic carbocycles. The van der Waals surface area contributed by atoms with Gasteiger partial charge in [-0.15, -0.1) is 5.10 Å². The number of amidine groups is 1. The average molecular weight is 413 g/mol. The van der Waals surface area contributed by atoms with Crippen LogP contribution in [0.3, 0.4) is 0 Å². The molecule has 2 aromatic rings. The fraction of sp³-hybridized carbons (Fsp3) is 0.286. The van der Waals surface area contributed by atoms with E-state index >= 15 is 0 Å². The first-order valence-corrected chi connectivity index (χ1v) is 10.1. The molecule has 0 saturated heterocycles. The van der Waals surface area contributed by atoms with Crippen LogP contribution in [0.2, 0.25) is 0 Å². The van der Waals surface area contributed by atoms with Crippen molar-refractivity contribution in [1.82, 2.24) is 10.3 Å². The second kappa shape index (κ2) is 9.47. The first-order chi connectivity index (χ1) is 13.9. The SMILES string of the molecule is CC(=O)NC1=NN(C(C)=O)[C@H](c2ccc(OCCOc3ccccc3C)cc2)S1. The number of nitrogens with zero attached hydrogens (tertiary/aromatic N) is 2.